The Morgan fingerprint density at radius 1 is 0.918 bits per heavy atom. The molecule has 6 rings (SSSR count). The molecular weight excluding hydrogens is 637 g/mol. The van der Waals surface area contributed by atoms with Gasteiger partial charge in [-0.3, -0.25) is 9.59 Å². The molecule has 4 fully saturated rings. The van der Waals surface area contributed by atoms with Gasteiger partial charge in [-0.1, -0.05) is 101 Å². The molecule has 2 heterocycles. The number of ether oxygens (including phenoxy) is 4. The van der Waals surface area contributed by atoms with E-state index in [0.29, 0.717) is 31.6 Å². The van der Waals surface area contributed by atoms with Crippen molar-refractivity contribution in [1.82, 2.24) is 0 Å². The Bertz CT molecular complexity index is 1540. The summed E-state index contributed by atoms with van der Waals surface area (Å²) in [4.78, 5) is 37.2. The quantitative estimate of drug-likeness (QED) is 0.106. The minimum Gasteiger partial charge on any atom is -0.462 e. The minimum absolute atomic E-state index is 0.0398. The average molecular weight is 689 g/mol. The number of epoxide rings is 1. The van der Waals surface area contributed by atoms with Crippen molar-refractivity contribution >= 4 is 36.6 Å². The number of allylic oxidation sites excluding steroid dienone is 1. The molecule has 4 aliphatic rings. The molecule has 0 aromatic heterocycles. The number of carbonyl (C=O) groups is 3. The Morgan fingerprint density at radius 3 is 2.04 bits per heavy atom. The third-order valence-corrected chi connectivity index (χ3v) is 17.2. The molecular formula is C40H52O8Si. The third-order valence-electron chi connectivity index (χ3n) is 12.2. The molecule has 2 aromatic carbocycles. The van der Waals surface area contributed by atoms with Gasteiger partial charge in [-0.25, -0.2) is 4.79 Å². The van der Waals surface area contributed by atoms with Gasteiger partial charge in [-0.15, -0.1) is 0 Å². The van der Waals surface area contributed by atoms with Gasteiger partial charge in [0.05, 0.1) is 17.8 Å². The third kappa shape index (κ3) is 6.31. The molecule has 1 spiro atoms. The number of cyclic esters (lactones) is 1. The van der Waals surface area contributed by atoms with Crippen LogP contribution in [0.1, 0.15) is 80.6 Å². The largest absolute Gasteiger partial charge is 0.462 e. The standard InChI is InChI=1S/C40H52O8Si/c1-27(41)47-32-24-44-36(43)31(32)18-19-34-38(6)22-21-35(48-28(2)42)39(7,33(38)20-23-40(34)26-45-40)25-46-49(37(3,4)5,29-14-10-8-11-15-29)30-16-12-9-13-17-30/h8-18,32-35H,19-26H2,1-7H3/b31-18+/t32-,33?,34+,35-,38-,39+,40-/m1/s1. The highest BCUT2D eigenvalue weighted by molar-refractivity contribution is 6.99. The molecule has 2 saturated heterocycles. The summed E-state index contributed by atoms with van der Waals surface area (Å²) in [7, 11) is -2.89. The highest BCUT2D eigenvalue weighted by Gasteiger charge is 2.68. The lowest BCUT2D eigenvalue weighted by Gasteiger charge is -2.62. The zero-order valence-electron chi connectivity index (χ0n) is 30.1. The molecule has 2 aliphatic heterocycles. The van der Waals surface area contributed by atoms with Crippen LogP contribution in [0.3, 0.4) is 0 Å². The molecule has 264 valence electrons. The predicted octanol–water partition coefficient (Wildman–Crippen LogP) is 5.90. The van der Waals surface area contributed by atoms with Gasteiger partial charge in [0.1, 0.15) is 12.7 Å². The van der Waals surface area contributed by atoms with E-state index in [-0.39, 0.29) is 46.6 Å². The van der Waals surface area contributed by atoms with Gasteiger partial charge in [0.2, 0.25) is 0 Å². The molecule has 0 N–H and O–H groups in total. The number of rotatable bonds is 9. The molecule has 0 bridgehead atoms. The Morgan fingerprint density at radius 2 is 1.51 bits per heavy atom. The second kappa shape index (κ2) is 13.1. The van der Waals surface area contributed by atoms with Crippen LogP contribution in [0.25, 0.3) is 0 Å². The first-order valence-electron chi connectivity index (χ1n) is 17.8. The summed E-state index contributed by atoms with van der Waals surface area (Å²) < 4.78 is 30.9. The van der Waals surface area contributed by atoms with Crippen LogP contribution in [-0.2, 0) is 37.8 Å². The van der Waals surface area contributed by atoms with Gasteiger partial charge in [-0.2, -0.15) is 0 Å². The Labute approximate surface area is 292 Å². The first-order valence-corrected chi connectivity index (χ1v) is 19.7. The van der Waals surface area contributed by atoms with E-state index in [9.17, 15) is 14.4 Å². The molecule has 0 radical (unpaired) electrons. The van der Waals surface area contributed by atoms with Crippen LogP contribution in [0.2, 0.25) is 5.04 Å². The van der Waals surface area contributed by atoms with Crippen molar-refractivity contribution < 1.29 is 37.8 Å². The first kappa shape index (κ1) is 35.5. The average Bonchev–Trinajstić information content (AvgIpc) is 3.74. The van der Waals surface area contributed by atoms with Crippen molar-refractivity contribution in [3.8, 4) is 0 Å². The van der Waals surface area contributed by atoms with Crippen LogP contribution in [-0.4, -0.2) is 63.9 Å². The number of fused-ring (bicyclic) bond motifs is 1. The zero-order valence-corrected chi connectivity index (χ0v) is 31.1. The van der Waals surface area contributed by atoms with Crippen molar-refractivity contribution in [2.75, 3.05) is 19.8 Å². The molecule has 9 heteroatoms. The lowest BCUT2D eigenvalue weighted by atomic mass is 9.45. The Hall–Kier alpha value is -3.27. The Kier molecular flexibility index (Phi) is 9.52. The van der Waals surface area contributed by atoms with Crippen molar-refractivity contribution in [1.29, 1.82) is 0 Å². The van der Waals surface area contributed by atoms with Gasteiger partial charge in [-0.05, 0) is 64.8 Å². The molecule has 8 nitrogen and oxygen atoms in total. The maximum atomic E-state index is 12.7. The molecule has 1 unspecified atom stereocenters. The highest BCUT2D eigenvalue weighted by Crippen LogP contribution is 2.67. The monoisotopic (exact) mass is 688 g/mol. The van der Waals surface area contributed by atoms with Gasteiger partial charge < -0.3 is 23.4 Å². The summed E-state index contributed by atoms with van der Waals surface area (Å²) in [6.45, 7) is 15.5. The fourth-order valence-corrected chi connectivity index (χ4v) is 14.6. The fourth-order valence-electron chi connectivity index (χ4n) is 9.91. The van der Waals surface area contributed by atoms with Crippen molar-refractivity contribution in [2.45, 2.75) is 103 Å². The fraction of sp³-hybridized carbons (Fsp3) is 0.575. The van der Waals surface area contributed by atoms with E-state index in [0.717, 1.165) is 19.3 Å². The van der Waals surface area contributed by atoms with Crippen LogP contribution in [0.4, 0.5) is 0 Å². The maximum absolute atomic E-state index is 12.7. The zero-order chi connectivity index (χ0) is 35.2. The van der Waals surface area contributed by atoms with Crippen molar-refractivity contribution in [3.63, 3.8) is 0 Å². The number of esters is 3. The van der Waals surface area contributed by atoms with Crippen LogP contribution >= 0.6 is 0 Å². The summed E-state index contributed by atoms with van der Waals surface area (Å²) in [6, 6.07) is 21.3. The van der Waals surface area contributed by atoms with E-state index in [4.69, 9.17) is 23.4 Å². The lowest BCUT2D eigenvalue weighted by molar-refractivity contribution is -0.195. The van der Waals surface area contributed by atoms with Gasteiger partial charge in [0, 0.05) is 25.9 Å². The smallest absolute Gasteiger partial charge is 0.337 e. The first-order chi connectivity index (χ1) is 23.2. The number of hydrogen-bond acceptors (Lipinski definition) is 8. The SMILES string of the molecule is CC(=O)O[C@@H]1COC(=O)/C1=C/C[C@@H]1[C@@]2(CCC3[C@](C)(CO[Si](c4ccccc4)(c4ccccc4)C(C)(C)C)[C@H](OC(C)=O)CC[C@]31C)CO2. The number of hydrogen-bond donors (Lipinski definition) is 0. The van der Waals surface area contributed by atoms with Crippen molar-refractivity contribution in [2.24, 2.45) is 22.7 Å². The predicted molar refractivity (Wildman–Crippen MR) is 189 cm³/mol. The van der Waals surface area contributed by atoms with E-state index in [1.165, 1.54) is 24.2 Å². The van der Waals surface area contributed by atoms with Gasteiger partial charge in [0.15, 0.2) is 6.10 Å². The summed E-state index contributed by atoms with van der Waals surface area (Å²) in [5.41, 5.74) is -0.565. The molecule has 49 heavy (non-hydrogen) atoms. The second-order valence-corrected chi connectivity index (χ2v) is 20.5. The molecule has 2 aliphatic carbocycles. The lowest BCUT2D eigenvalue weighted by Crippen LogP contribution is -2.69. The maximum Gasteiger partial charge on any atom is 0.337 e. The highest BCUT2D eigenvalue weighted by atomic mass is 28.4. The van der Waals surface area contributed by atoms with Crippen molar-refractivity contribution in [3.05, 3.63) is 72.3 Å². The van der Waals surface area contributed by atoms with Gasteiger partial charge >= 0.3 is 17.9 Å². The number of benzene rings is 2. The molecule has 2 aromatic rings. The topological polar surface area (TPSA) is 101 Å². The summed E-state index contributed by atoms with van der Waals surface area (Å²) >= 11 is 0. The van der Waals surface area contributed by atoms with E-state index in [1.54, 1.807) is 0 Å². The summed E-state index contributed by atoms with van der Waals surface area (Å²) in [5, 5.41) is 2.22. The van der Waals surface area contributed by atoms with E-state index in [1.807, 2.05) is 18.2 Å². The molecule has 0 amide bonds. The summed E-state index contributed by atoms with van der Waals surface area (Å²) in [6.07, 6.45) is 4.86. The van der Waals surface area contributed by atoms with Gasteiger partial charge in [0.25, 0.3) is 8.32 Å². The normalized spacial score (nSPS) is 33.5. The molecule has 2 saturated carbocycles. The number of carbonyl (C=O) groups excluding carboxylic acids is 3. The minimum atomic E-state index is -2.89. The second-order valence-electron chi connectivity index (χ2n) is 16.2. The van der Waals surface area contributed by atoms with E-state index in [2.05, 4.69) is 83.1 Å². The van der Waals surface area contributed by atoms with E-state index < -0.39 is 31.8 Å². The molecule has 7 atom stereocenters. The van der Waals surface area contributed by atoms with Crippen LogP contribution in [0.5, 0.6) is 0 Å². The van der Waals surface area contributed by atoms with Crippen LogP contribution in [0.15, 0.2) is 72.3 Å². The van der Waals surface area contributed by atoms with E-state index >= 15 is 0 Å². The van der Waals surface area contributed by atoms with Crippen LogP contribution < -0.4 is 10.4 Å². The summed E-state index contributed by atoms with van der Waals surface area (Å²) in [5.74, 6) is -0.906. The Balaban J connectivity index is 1.40. The van der Waals surface area contributed by atoms with Crippen LogP contribution in [0, 0.1) is 22.7 Å².